The van der Waals surface area contributed by atoms with E-state index >= 15 is 0 Å². The number of carbonyl (C=O) groups is 1. The van der Waals surface area contributed by atoms with Gasteiger partial charge in [-0.1, -0.05) is 4.49 Å². The maximum absolute atomic E-state index is 11.1. The highest BCUT2D eigenvalue weighted by Crippen LogP contribution is 2.17. The number of Topliss-reactive ketones (excluding diaryl/α,β-unsaturated/α-hetero) is 1. The van der Waals surface area contributed by atoms with Gasteiger partial charge < -0.3 is 5.32 Å². The van der Waals surface area contributed by atoms with E-state index in [4.69, 9.17) is 0 Å². The van der Waals surface area contributed by atoms with Crippen molar-refractivity contribution in [1.29, 1.82) is 0 Å². The Morgan fingerprint density at radius 3 is 3.00 bits per heavy atom. The molecule has 0 unspecified atom stereocenters. The van der Waals surface area contributed by atoms with E-state index in [1.165, 1.54) is 11.5 Å². The average Bonchev–Trinajstić information content (AvgIpc) is 2.36. The zero-order valence-electron chi connectivity index (χ0n) is 5.80. The molecule has 0 saturated heterocycles. The second-order valence-electron chi connectivity index (χ2n) is 1.85. The zero-order chi connectivity index (χ0) is 8.27. The number of nitrogens with zero attached hydrogens (tertiary/aromatic N) is 2. The molecule has 0 aliphatic rings. The van der Waals surface area contributed by atoms with Gasteiger partial charge in [-0.3, -0.25) is 4.79 Å². The lowest BCUT2D eigenvalue weighted by molar-refractivity contribution is 0.0988. The number of nitrogens with one attached hydrogen (secondary N) is 1. The van der Waals surface area contributed by atoms with Crippen LogP contribution in [-0.4, -0.2) is 29.0 Å². The predicted octanol–water partition coefficient (Wildman–Crippen LogP) is 0.703. The minimum Gasteiger partial charge on any atom is -0.313 e. The molecule has 0 aliphatic heterocycles. The Bertz CT molecular complexity index is 262. The van der Waals surface area contributed by atoms with Crippen molar-refractivity contribution in [3.63, 3.8) is 0 Å². The summed E-state index contributed by atoms with van der Waals surface area (Å²) in [6.07, 6.45) is 0. The van der Waals surface area contributed by atoms with Crippen molar-refractivity contribution in [2.75, 3.05) is 13.6 Å². The molecule has 0 radical (unpaired) electrons. The molecule has 4 nitrogen and oxygen atoms in total. The van der Waals surface area contributed by atoms with E-state index in [1.807, 2.05) is 0 Å². The molecule has 6 heteroatoms. The number of ketones is 1. The van der Waals surface area contributed by atoms with E-state index in [9.17, 15) is 4.79 Å². The highest BCUT2D eigenvalue weighted by atomic mass is 79.9. The van der Waals surface area contributed by atoms with Gasteiger partial charge in [-0.05, 0) is 34.5 Å². The summed E-state index contributed by atoms with van der Waals surface area (Å²) in [6.45, 7) is 0.296. The van der Waals surface area contributed by atoms with Gasteiger partial charge in [-0.2, -0.15) is 0 Å². The van der Waals surface area contributed by atoms with Crippen LogP contribution in [0.25, 0.3) is 0 Å². The lowest BCUT2D eigenvalue weighted by Gasteiger charge is -1.93. The quantitative estimate of drug-likeness (QED) is 0.785. The Morgan fingerprint density at radius 1 is 1.82 bits per heavy atom. The smallest absolute Gasteiger partial charge is 0.198 e. The maximum atomic E-state index is 11.1. The van der Waals surface area contributed by atoms with Crippen molar-refractivity contribution >= 4 is 33.2 Å². The van der Waals surface area contributed by atoms with Gasteiger partial charge in [0.1, 0.15) is 3.79 Å². The Kier molecular flexibility index (Phi) is 3.10. The zero-order valence-corrected chi connectivity index (χ0v) is 8.20. The molecule has 0 aliphatic carbocycles. The third-order valence-electron chi connectivity index (χ3n) is 1.05. The number of likely N-dealkylation sites (N-methyl/N-ethyl adjacent to an activating group) is 1. The second-order valence-corrected chi connectivity index (χ2v) is 3.92. The van der Waals surface area contributed by atoms with Crippen LogP contribution in [0, 0.1) is 0 Å². The van der Waals surface area contributed by atoms with Gasteiger partial charge in [0.15, 0.2) is 11.5 Å². The predicted molar refractivity (Wildman–Crippen MR) is 45.9 cm³/mol. The topological polar surface area (TPSA) is 54.9 Å². The molecule has 0 atom stereocenters. The summed E-state index contributed by atoms with van der Waals surface area (Å²) in [7, 11) is 1.71. The highest BCUT2D eigenvalue weighted by Gasteiger charge is 2.12. The Hall–Kier alpha value is -0.330. The van der Waals surface area contributed by atoms with Crippen LogP contribution in [0.1, 0.15) is 10.5 Å². The number of carbonyl (C=O) groups excluding carboxylic acids is 1. The van der Waals surface area contributed by atoms with Crippen LogP contribution in [0.2, 0.25) is 0 Å². The summed E-state index contributed by atoms with van der Waals surface area (Å²) >= 11 is 4.35. The molecule has 1 aromatic rings. The maximum Gasteiger partial charge on any atom is 0.198 e. The fourth-order valence-electron chi connectivity index (χ4n) is 0.589. The monoisotopic (exact) mass is 235 g/mol. The van der Waals surface area contributed by atoms with E-state index in [0.717, 1.165) is 0 Å². The summed E-state index contributed by atoms with van der Waals surface area (Å²) in [5, 5.41) is 6.42. The lowest BCUT2D eigenvalue weighted by atomic mass is 10.3. The van der Waals surface area contributed by atoms with Crippen molar-refractivity contribution < 1.29 is 4.79 Å². The third-order valence-corrected chi connectivity index (χ3v) is 2.38. The van der Waals surface area contributed by atoms with E-state index in [1.54, 1.807) is 7.05 Å². The van der Waals surface area contributed by atoms with Crippen LogP contribution in [0.3, 0.4) is 0 Å². The van der Waals surface area contributed by atoms with E-state index in [2.05, 4.69) is 30.8 Å². The van der Waals surface area contributed by atoms with E-state index in [-0.39, 0.29) is 5.78 Å². The fraction of sp³-hybridized carbons (Fsp3) is 0.400. The molecule has 60 valence electrons. The molecule has 0 spiro atoms. The Labute approximate surface area is 76.3 Å². The van der Waals surface area contributed by atoms with Gasteiger partial charge >= 0.3 is 0 Å². The van der Waals surface area contributed by atoms with E-state index in [0.29, 0.717) is 16.0 Å². The first-order valence-electron chi connectivity index (χ1n) is 2.91. The number of rotatable bonds is 3. The van der Waals surface area contributed by atoms with Gasteiger partial charge in [0.25, 0.3) is 0 Å². The number of aromatic nitrogens is 2. The SMILES string of the molecule is CNCC(=O)c1nnsc1Br. The molecule has 0 fully saturated rings. The third kappa shape index (κ3) is 2.05. The summed E-state index contributed by atoms with van der Waals surface area (Å²) < 4.78 is 4.31. The van der Waals surface area contributed by atoms with Crippen LogP contribution in [0.4, 0.5) is 0 Å². The van der Waals surface area contributed by atoms with Crippen molar-refractivity contribution in [2.24, 2.45) is 0 Å². The standard InChI is InChI=1S/C5H6BrN3OS/c1-7-2-3(10)4-5(6)11-9-8-4/h7H,2H2,1H3. The molecular formula is C5H6BrN3OS. The minimum atomic E-state index is -0.0480. The molecule has 1 heterocycles. The van der Waals surface area contributed by atoms with Crippen molar-refractivity contribution in [1.82, 2.24) is 14.9 Å². The summed E-state index contributed by atoms with van der Waals surface area (Å²) in [5.41, 5.74) is 0.407. The lowest BCUT2D eigenvalue weighted by Crippen LogP contribution is -2.19. The van der Waals surface area contributed by atoms with Crippen molar-refractivity contribution in [2.45, 2.75) is 0 Å². The average molecular weight is 236 g/mol. The van der Waals surface area contributed by atoms with E-state index < -0.39 is 0 Å². The Balaban J connectivity index is 2.76. The normalized spacial score (nSPS) is 10.0. The van der Waals surface area contributed by atoms with Gasteiger partial charge in [0.05, 0.1) is 6.54 Å². The van der Waals surface area contributed by atoms with Crippen LogP contribution in [-0.2, 0) is 0 Å². The van der Waals surface area contributed by atoms with Crippen LogP contribution >= 0.6 is 27.5 Å². The number of hydrogen-bond acceptors (Lipinski definition) is 5. The van der Waals surface area contributed by atoms with Crippen LogP contribution in [0.5, 0.6) is 0 Å². The first-order valence-corrected chi connectivity index (χ1v) is 4.48. The summed E-state index contributed by atoms with van der Waals surface area (Å²) in [6, 6.07) is 0. The fourth-order valence-corrected chi connectivity index (χ4v) is 1.52. The summed E-state index contributed by atoms with van der Waals surface area (Å²) in [5.74, 6) is -0.0480. The minimum absolute atomic E-state index is 0.0480. The van der Waals surface area contributed by atoms with Gasteiger partial charge in [0.2, 0.25) is 0 Å². The molecule has 0 saturated carbocycles. The number of hydrogen-bond donors (Lipinski definition) is 1. The van der Waals surface area contributed by atoms with Gasteiger partial charge in [-0.15, -0.1) is 5.10 Å². The molecule has 0 aromatic carbocycles. The second kappa shape index (κ2) is 3.89. The highest BCUT2D eigenvalue weighted by molar-refractivity contribution is 9.11. The van der Waals surface area contributed by atoms with Crippen LogP contribution in [0.15, 0.2) is 3.79 Å². The first kappa shape index (κ1) is 8.76. The van der Waals surface area contributed by atoms with Crippen molar-refractivity contribution in [3.8, 4) is 0 Å². The van der Waals surface area contributed by atoms with Gasteiger partial charge in [-0.25, -0.2) is 0 Å². The van der Waals surface area contributed by atoms with Gasteiger partial charge in [0, 0.05) is 0 Å². The molecule has 0 bridgehead atoms. The molecule has 1 N–H and O–H groups in total. The summed E-state index contributed by atoms with van der Waals surface area (Å²) in [4.78, 5) is 11.1. The van der Waals surface area contributed by atoms with Crippen LogP contribution < -0.4 is 5.32 Å². The molecule has 1 rings (SSSR count). The largest absolute Gasteiger partial charge is 0.313 e. The number of halogens is 1. The molecule has 1 aromatic heterocycles. The first-order chi connectivity index (χ1) is 5.25. The Morgan fingerprint density at radius 2 is 2.55 bits per heavy atom. The molecule has 0 amide bonds. The molecular weight excluding hydrogens is 230 g/mol. The molecule has 11 heavy (non-hydrogen) atoms. The van der Waals surface area contributed by atoms with Crippen molar-refractivity contribution in [3.05, 3.63) is 9.48 Å².